The topological polar surface area (TPSA) is 93.2 Å². The highest BCUT2D eigenvalue weighted by Gasteiger charge is 2.53. The highest BCUT2D eigenvalue weighted by atomic mass is 32.2. The Hall–Kier alpha value is -2.39. The fraction of sp³-hybridized carbons (Fsp3) is 0.474. The van der Waals surface area contributed by atoms with Gasteiger partial charge in [0.2, 0.25) is 21.8 Å². The molecule has 2 atom stereocenters. The number of methoxy groups -OCH3 is 2. The zero-order chi connectivity index (χ0) is 20.1. The van der Waals surface area contributed by atoms with E-state index in [2.05, 4.69) is 0 Å². The molecule has 4 rings (SSSR count). The Balaban J connectivity index is 1.49. The molecule has 8 nitrogen and oxygen atoms in total. The van der Waals surface area contributed by atoms with Gasteiger partial charge >= 0.3 is 0 Å². The third-order valence-electron chi connectivity index (χ3n) is 5.73. The highest BCUT2D eigenvalue weighted by Crippen LogP contribution is 2.38. The van der Waals surface area contributed by atoms with E-state index in [-0.39, 0.29) is 41.6 Å². The number of benzene rings is 1. The molecule has 2 heterocycles. The van der Waals surface area contributed by atoms with Crippen molar-refractivity contribution >= 4 is 21.8 Å². The first kappa shape index (κ1) is 18.9. The predicted molar refractivity (Wildman–Crippen MR) is 99.3 cm³/mol. The van der Waals surface area contributed by atoms with Crippen LogP contribution in [0.25, 0.3) is 0 Å². The summed E-state index contributed by atoms with van der Waals surface area (Å²) in [5.41, 5.74) is 0. The van der Waals surface area contributed by atoms with Crippen LogP contribution in [0.5, 0.6) is 11.5 Å². The smallest absolute Gasteiger partial charge is 0.243 e. The average molecular weight is 406 g/mol. The molecule has 0 radical (unpaired) electrons. The predicted octanol–water partition coefficient (Wildman–Crippen LogP) is 1.03. The normalized spacial score (nSPS) is 25.6. The first-order chi connectivity index (χ1) is 13.4. The lowest BCUT2D eigenvalue weighted by Crippen LogP contribution is -2.62. The van der Waals surface area contributed by atoms with Crippen LogP contribution in [0.4, 0.5) is 0 Å². The van der Waals surface area contributed by atoms with Crippen LogP contribution in [0.2, 0.25) is 0 Å². The van der Waals surface area contributed by atoms with Gasteiger partial charge in [0.05, 0.1) is 37.0 Å². The number of amides is 2. The van der Waals surface area contributed by atoms with E-state index in [9.17, 15) is 18.0 Å². The third kappa shape index (κ3) is 2.80. The summed E-state index contributed by atoms with van der Waals surface area (Å²) in [4.78, 5) is 26.7. The van der Waals surface area contributed by atoms with Gasteiger partial charge in [-0.3, -0.25) is 14.5 Å². The van der Waals surface area contributed by atoms with Crippen LogP contribution in [0.15, 0.2) is 35.2 Å². The lowest BCUT2D eigenvalue weighted by Gasteiger charge is -2.42. The Kier molecular flexibility index (Phi) is 4.67. The van der Waals surface area contributed by atoms with Crippen molar-refractivity contribution in [1.82, 2.24) is 9.21 Å². The van der Waals surface area contributed by atoms with Gasteiger partial charge in [-0.15, -0.1) is 0 Å². The second-order valence-corrected chi connectivity index (χ2v) is 9.13. The number of hydrogen-bond donors (Lipinski definition) is 0. The summed E-state index contributed by atoms with van der Waals surface area (Å²) >= 11 is 0. The molecular weight excluding hydrogens is 384 g/mol. The number of carbonyl (C=O) groups excluding carboxylic acids is 2. The zero-order valence-corrected chi connectivity index (χ0v) is 16.5. The Morgan fingerprint density at radius 1 is 0.929 bits per heavy atom. The first-order valence-electron chi connectivity index (χ1n) is 9.12. The standard InChI is InChI=1S/C19H22N2O6S/c1-26-16-8-7-13(9-17(16)27-2)28(24,25)20-10-12(11-20)21-18(22)14-5-3-4-6-15(14)19(21)23/h3-4,7-9,12,14-15H,5-6,10-11H2,1-2H3. The van der Waals surface area contributed by atoms with E-state index >= 15 is 0 Å². The van der Waals surface area contributed by atoms with Crippen LogP contribution in [0, 0.1) is 11.8 Å². The fourth-order valence-corrected chi connectivity index (χ4v) is 5.62. The Morgan fingerprint density at radius 3 is 2.04 bits per heavy atom. The van der Waals surface area contributed by atoms with Crippen molar-refractivity contribution in [1.29, 1.82) is 0 Å². The van der Waals surface area contributed by atoms with Crippen molar-refractivity contribution in [3.05, 3.63) is 30.4 Å². The SMILES string of the molecule is COc1ccc(S(=O)(=O)N2CC(N3C(=O)C4CC=CCC4C3=O)C2)cc1OC. The summed E-state index contributed by atoms with van der Waals surface area (Å²) < 4.78 is 37.4. The van der Waals surface area contributed by atoms with Gasteiger partial charge < -0.3 is 9.47 Å². The molecule has 2 saturated heterocycles. The summed E-state index contributed by atoms with van der Waals surface area (Å²) in [5, 5.41) is 0. The van der Waals surface area contributed by atoms with Crippen LogP contribution in [0.1, 0.15) is 12.8 Å². The molecule has 0 N–H and O–H groups in total. The number of sulfonamides is 1. The van der Waals surface area contributed by atoms with Gasteiger partial charge in [0.1, 0.15) is 0 Å². The number of ether oxygens (including phenoxy) is 2. The lowest BCUT2D eigenvalue weighted by molar-refractivity contribution is -0.145. The molecule has 0 aromatic heterocycles. The van der Waals surface area contributed by atoms with Gasteiger partial charge in [0.25, 0.3) is 0 Å². The van der Waals surface area contributed by atoms with Crippen molar-refractivity contribution in [2.45, 2.75) is 23.8 Å². The summed E-state index contributed by atoms with van der Waals surface area (Å²) in [5.74, 6) is -0.183. The molecule has 1 aromatic carbocycles. The molecule has 2 unspecified atom stereocenters. The van der Waals surface area contributed by atoms with Gasteiger partial charge in [-0.2, -0.15) is 4.31 Å². The average Bonchev–Trinajstić information content (AvgIpc) is 2.91. The highest BCUT2D eigenvalue weighted by molar-refractivity contribution is 7.89. The molecule has 150 valence electrons. The van der Waals surface area contributed by atoms with E-state index in [1.54, 1.807) is 0 Å². The maximum absolute atomic E-state index is 12.9. The molecular formula is C19H22N2O6S. The van der Waals surface area contributed by atoms with Gasteiger partial charge in [-0.05, 0) is 25.0 Å². The maximum Gasteiger partial charge on any atom is 0.243 e. The fourth-order valence-electron chi connectivity index (χ4n) is 4.09. The molecule has 0 saturated carbocycles. The molecule has 28 heavy (non-hydrogen) atoms. The maximum atomic E-state index is 12.9. The van der Waals surface area contributed by atoms with E-state index in [4.69, 9.17) is 9.47 Å². The number of likely N-dealkylation sites (tertiary alicyclic amines) is 1. The summed E-state index contributed by atoms with van der Waals surface area (Å²) in [6, 6.07) is 4.00. The molecule has 1 aromatic rings. The van der Waals surface area contributed by atoms with Crippen LogP contribution in [-0.2, 0) is 19.6 Å². The minimum absolute atomic E-state index is 0.0838. The van der Waals surface area contributed by atoms with Crippen molar-refractivity contribution in [3.63, 3.8) is 0 Å². The number of rotatable bonds is 5. The number of hydrogen-bond acceptors (Lipinski definition) is 6. The molecule has 9 heteroatoms. The minimum Gasteiger partial charge on any atom is -0.493 e. The third-order valence-corrected chi connectivity index (χ3v) is 7.56. The molecule has 0 bridgehead atoms. The van der Waals surface area contributed by atoms with E-state index in [1.165, 1.54) is 41.6 Å². The largest absolute Gasteiger partial charge is 0.493 e. The van der Waals surface area contributed by atoms with Crippen LogP contribution >= 0.6 is 0 Å². The summed E-state index contributed by atoms with van der Waals surface area (Å²) in [6.45, 7) is 0.224. The zero-order valence-electron chi connectivity index (χ0n) is 15.7. The monoisotopic (exact) mass is 406 g/mol. The van der Waals surface area contributed by atoms with Crippen molar-refractivity contribution in [3.8, 4) is 11.5 Å². The second kappa shape index (κ2) is 6.89. The molecule has 2 amide bonds. The van der Waals surface area contributed by atoms with E-state index < -0.39 is 16.1 Å². The van der Waals surface area contributed by atoms with E-state index in [0.717, 1.165) is 0 Å². The number of carbonyl (C=O) groups is 2. The molecule has 2 fully saturated rings. The van der Waals surface area contributed by atoms with Gasteiger partial charge in [0.15, 0.2) is 11.5 Å². The van der Waals surface area contributed by atoms with Gasteiger partial charge in [-0.25, -0.2) is 8.42 Å². The number of nitrogens with zero attached hydrogens (tertiary/aromatic N) is 2. The molecule has 3 aliphatic rings. The van der Waals surface area contributed by atoms with Crippen molar-refractivity contribution in [2.24, 2.45) is 11.8 Å². The van der Waals surface area contributed by atoms with Crippen LogP contribution < -0.4 is 9.47 Å². The van der Waals surface area contributed by atoms with Crippen LogP contribution in [0.3, 0.4) is 0 Å². The van der Waals surface area contributed by atoms with Gasteiger partial charge in [0, 0.05) is 19.2 Å². The minimum atomic E-state index is -3.75. The lowest BCUT2D eigenvalue weighted by atomic mass is 9.85. The van der Waals surface area contributed by atoms with Crippen LogP contribution in [-0.4, -0.2) is 62.8 Å². The molecule has 0 spiro atoms. The summed E-state index contributed by atoms with van der Waals surface area (Å²) in [7, 11) is -0.834. The quantitative estimate of drug-likeness (QED) is 0.536. The number of allylic oxidation sites excluding steroid dienone is 2. The number of imide groups is 1. The Morgan fingerprint density at radius 2 is 1.50 bits per heavy atom. The Labute approximate surface area is 163 Å². The van der Waals surface area contributed by atoms with Crippen molar-refractivity contribution < 1.29 is 27.5 Å². The van der Waals surface area contributed by atoms with Crippen molar-refractivity contribution in [2.75, 3.05) is 27.3 Å². The van der Waals surface area contributed by atoms with Gasteiger partial charge in [-0.1, -0.05) is 12.2 Å². The van der Waals surface area contributed by atoms with E-state index in [1.807, 2.05) is 12.2 Å². The summed E-state index contributed by atoms with van der Waals surface area (Å²) in [6.07, 6.45) is 5.02. The Bertz CT molecular complexity index is 925. The number of fused-ring (bicyclic) bond motifs is 1. The second-order valence-electron chi connectivity index (χ2n) is 7.19. The first-order valence-corrected chi connectivity index (χ1v) is 10.6. The molecule has 2 aliphatic heterocycles. The molecule has 1 aliphatic carbocycles. The van der Waals surface area contributed by atoms with E-state index in [0.29, 0.717) is 24.3 Å².